The third-order valence-electron chi connectivity index (χ3n) is 8.14. The summed E-state index contributed by atoms with van der Waals surface area (Å²) < 4.78 is 1.89. The molecule has 5 fully saturated rings. The Kier molecular flexibility index (Phi) is 4.42. The molecule has 1 aromatic heterocycles. The van der Waals surface area contributed by atoms with Gasteiger partial charge in [-0.05, 0) is 70.1 Å². The second-order valence-electron chi connectivity index (χ2n) is 9.94. The summed E-state index contributed by atoms with van der Waals surface area (Å²) >= 11 is 0. The fraction of sp³-hybridized carbons (Fsp3) is 0.739. The summed E-state index contributed by atoms with van der Waals surface area (Å²) in [6.45, 7) is 12.2. The van der Waals surface area contributed by atoms with Crippen LogP contribution in [0.2, 0.25) is 0 Å². The maximum Gasteiger partial charge on any atom is 0.257 e. The van der Waals surface area contributed by atoms with Crippen molar-refractivity contribution in [3.8, 4) is 0 Å². The van der Waals surface area contributed by atoms with E-state index in [1.165, 1.54) is 38.5 Å². The number of hydrogen-bond acceptors (Lipinski definition) is 3. The zero-order chi connectivity index (χ0) is 19.5. The van der Waals surface area contributed by atoms with Crippen LogP contribution in [0.1, 0.15) is 60.3 Å². The number of amides is 1. The maximum absolute atomic E-state index is 13.2. The molecule has 6 rings (SSSR count). The number of aryl methyl sites for hydroxylation is 1. The van der Waals surface area contributed by atoms with Gasteiger partial charge in [0.05, 0.1) is 17.8 Å². The van der Waals surface area contributed by atoms with Gasteiger partial charge >= 0.3 is 0 Å². The van der Waals surface area contributed by atoms with Gasteiger partial charge in [0.15, 0.2) is 0 Å². The molecule has 0 atom stereocenters. The monoisotopic (exact) mass is 382 g/mol. The van der Waals surface area contributed by atoms with Crippen molar-refractivity contribution in [2.45, 2.75) is 64.5 Å². The lowest BCUT2D eigenvalue weighted by Gasteiger charge is -2.61. The first-order chi connectivity index (χ1) is 13.5. The van der Waals surface area contributed by atoms with Gasteiger partial charge < -0.3 is 4.90 Å². The molecule has 1 aliphatic heterocycles. The van der Waals surface area contributed by atoms with Gasteiger partial charge in [0.2, 0.25) is 0 Å². The van der Waals surface area contributed by atoms with E-state index in [1.54, 1.807) is 0 Å². The van der Waals surface area contributed by atoms with E-state index in [9.17, 15) is 4.79 Å². The van der Waals surface area contributed by atoms with E-state index in [2.05, 4.69) is 21.5 Å². The van der Waals surface area contributed by atoms with E-state index in [1.807, 2.05) is 24.6 Å². The topological polar surface area (TPSA) is 41.4 Å². The van der Waals surface area contributed by atoms with Crippen molar-refractivity contribution >= 4 is 5.91 Å². The first-order valence-electron chi connectivity index (χ1n) is 11.2. The van der Waals surface area contributed by atoms with E-state index in [4.69, 9.17) is 0 Å². The summed E-state index contributed by atoms with van der Waals surface area (Å²) in [6, 6.07) is 0. The highest BCUT2D eigenvalue weighted by Crippen LogP contribution is 2.57. The van der Waals surface area contributed by atoms with Gasteiger partial charge in [-0.25, -0.2) is 0 Å². The van der Waals surface area contributed by atoms with E-state index in [0.29, 0.717) is 12.1 Å². The van der Waals surface area contributed by atoms with Crippen LogP contribution in [-0.2, 0) is 6.54 Å². The molecule has 4 bridgehead atoms. The summed E-state index contributed by atoms with van der Waals surface area (Å²) in [7, 11) is 0. The summed E-state index contributed by atoms with van der Waals surface area (Å²) in [4.78, 5) is 18.1. The molecular weight excluding hydrogens is 348 g/mol. The summed E-state index contributed by atoms with van der Waals surface area (Å²) in [6.07, 6.45) is 10.6. The van der Waals surface area contributed by atoms with Crippen molar-refractivity contribution in [3.05, 3.63) is 29.6 Å². The van der Waals surface area contributed by atoms with Crippen LogP contribution < -0.4 is 0 Å². The second kappa shape index (κ2) is 6.72. The molecule has 0 spiro atoms. The Morgan fingerprint density at radius 3 is 2.18 bits per heavy atom. The number of carbonyl (C=O) groups is 1. The molecule has 2 heterocycles. The number of hydrogen-bond donors (Lipinski definition) is 0. The third kappa shape index (κ3) is 2.85. The van der Waals surface area contributed by atoms with Gasteiger partial charge in [-0.3, -0.25) is 14.4 Å². The predicted octanol–water partition coefficient (Wildman–Crippen LogP) is 3.41. The molecule has 5 aliphatic rings. The van der Waals surface area contributed by atoms with Crippen molar-refractivity contribution in [1.29, 1.82) is 0 Å². The number of rotatable bonds is 4. The second-order valence-corrected chi connectivity index (χ2v) is 9.94. The van der Waals surface area contributed by atoms with Crippen LogP contribution >= 0.6 is 0 Å². The molecule has 152 valence electrons. The number of nitrogens with zero attached hydrogens (tertiary/aromatic N) is 4. The van der Waals surface area contributed by atoms with Gasteiger partial charge in [0.25, 0.3) is 5.91 Å². The lowest BCUT2D eigenvalue weighted by molar-refractivity contribution is -0.0987. The Morgan fingerprint density at radius 1 is 1.07 bits per heavy atom. The van der Waals surface area contributed by atoms with Gasteiger partial charge in [-0.2, -0.15) is 5.10 Å². The largest absolute Gasteiger partial charge is 0.336 e. The van der Waals surface area contributed by atoms with Gasteiger partial charge in [0, 0.05) is 37.4 Å². The highest BCUT2D eigenvalue weighted by molar-refractivity contribution is 5.96. The minimum Gasteiger partial charge on any atom is -0.336 e. The quantitative estimate of drug-likeness (QED) is 0.750. The third-order valence-corrected chi connectivity index (χ3v) is 8.14. The molecular formula is C23H34N4O. The highest BCUT2D eigenvalue weighted by Gasteiger charge is 2.53. The van der Waals surface area contributed by atoms with Gasteiger partial charge in [-0.1, -0.05) is 6.08 Å². The highest BCUT2D eigenvalue weighted by atomic mass is 16.2. The number of aromatic nitrogens is 2. The van der Waals surface area contributed by atoms with E-state index in [0.717, 1.165) is 60.9 Å². The lowest BCUT2D eigenvalue weighted by atomic mass is 9.52. The van der Waals surface area contributed by atoms with E-state index in [-0.39, 0.29) is 5.91 Å². The Bertz CT molecular complexity index is 751. The molecule has 5 nitrogen and oxygen atoms in total. The normalized spacial score (nSPS) is 34.8. The average molecular weight is 383 g/mol. The Balaban J connectivity index is 1.28. The van der Waals surface area contributed by atoms with Crippen LogP contribution in [0.5, 0.6) is 0 Å². The molecule has 4 aliphatic carbocycles. The molecule has 1 amide bonds. The van der Waals surface area contributed by atoms with E-state index < -0.39 is 0 Å². The van der Waals surface area contributed by atoms with Crippen LogP contribution in [0.3, 0.4) is 0 Å². The van der Waals surface area contributed by atoms with Gasteiger partial charge in [0.1, 0.15) is 0 Å². The predicted molar refractivity (Wildman–Crippen MR) is 110 cm³/mol. The minimum atomic E-state index is 0.162. The molecule has 4 saturated carbocycles. The average Bonchev–Trinajstić information content (AvgIpc) is 2.94. The number of allylic oxidation sites excluding steroid dienone is 1. The number of carbonyl (C=O) groups excluding carboxylic acids is 1. The van der Waals surface area contributed by atoms with Crippen LogP contribution in [0.15, 0.2) is 12.7 Å². The molecule has 0 unspecified atom stereocenters. The van der Waals surface area contributed by atoms with Crippen molar-refractivity contribution in [2.75, 3.05) is 26.2 Å². The number of piperazine rings is 1. The van der Waals surface area contributed by atoms with Gasteiger partial charge in [-0.15, -0.1) is 6.58 Å². The molecule has 0 aromatic carbocycles. The zero-order valence-electron chi connectivity index (χ0n) is 17.5. The van der Waals surface area contributed by atoms with E-state index >= 15 is 0 Å². The Labute approximate surface area is 168 Å². The van der Waals surface area contributed by atoms with Crippen LogP contribution in [0, 0.1) is 31.6 Å². The minimum absolute atomic E-state index is 0.162. The molecule has 1 saturated heterocycles. The molecule has 28 heavy (non-hydrogen) atoms. The Hall–Kier alpha value is -1.62. The Morgan fingerprint density at radius 2 is 1.64 bits per heavy atom. The molecule has 1 aromatic rings. The first kappa shape index (κ1) is 18.4. The first-order valence-corrected chi connectivity index (χ1v) is 11.2. The van der Waals surface area contributed by atoms with Crippen LogP contribution in [0.4, 0.5) is 0 Å². The smallest absolute Gasteiger partial charge is 0.257 e. The van der Waals surface area contributed by atoms with Crippen molar-refractivity contribution in [1.82, 2.24) is 19.6 Å². The lowest BCUT2D eigenvalue weighted by Crippen LogP contribution is -2.64. The molecule has 0 radical (unpaired) electrons. The zero-order valence-corrected chi connectivity index (χ0v) is 17.5. The fourth-order valence-corrected chi connectivity index (χ4v) is 7.30. The standard InChI is InChI=1S/C23H34N4O/c1-4-5-27-17(3)21(16(2)24-27)22(28)25-6-8-26(9-7-25)23-13-18-10-19(14-23)12-20(11-18)15-23/h4,18-20H,1,5-15H2,2-3H3. The summed E-state index contributed by atoms with van der Waals surface area (Å²) in [5, 5.41) is 4.55. The molecule has 0 N–H and O–H groups in total. The van der Waals surface area contributed by atoms with Crippen LogP contribution in [-0.4, -0.2) is 57.2 Å². The fourth-order valence-electron chi connectivity index (χ4n) is 7.30. The SMILES string of the molecule is C=CCn1nc(C)c(C(=O)N2CCN(C34CC5CC(CC(C5)C3)C4)CC2)c1C. The summed E-state index contributed by atoms with van der Waals surface area (Å²) in [5.41, 5.74) is 3.06. The van der Waals surface area contributed by atoms with Crippen molar-refractivity contribution in [2.24, 2.45) is 17.8 Å². The van der Waals surface area contributed by atoms with Crippen molar-refractivity contribution in [3.63, 3.8) is 0 Å². The van der Waals surface area contributed by atoms with Crippen LogP contribution in [0.25, 0.3) is 0 Å². The maximum atomic E-state index is 13.2. The van der Waals surface area contributed by atoms with Crippen molar-refractivity contribution < 1.29 is 4.79 Å². The summed E-state index contributed by atoms with van der Waals surface area (Å²) in [5.74, 6) is 3.10. The molecule has 5 heteroatoms.